The van der Waals surface area contributed by atoms with E-state index in [1.54, 1.807) is 0 Å². The monoisotopic (exact) mass is 396 g/mol. The van der Waals surface area contributed by atoms with Crippen LogP contribution in [0.3, 0.4) is 0 Å². The molecule has 0 unspecified atom stereocenters. The Balaban J connectivity index is 1.35. The number of hydrogen-bond acceptors (Lipinski definition) is 5. The minimum atomic E-state index is -0.344. The van der Waals surface area contributed by atoms with Gasteiger partial charge in [0.25, 0.3) is 0 Å². The van der Waals surface area contributed by atoms with Crippen molar-refractivity contribution in [2.24, 2.45) is 0 Å². The van der Waals surface area contributed by atoms with E-state index >= 15 is 0 Å². The van der Waals surface area contributed by atoms with E-state index in [1.807, 2.05) is 32.0 Å². The van der Waals surface area contributed by atoms with Gasteiger partial charge in [0.2, 0.25) is 0 Å². The summed E-state index contributed by atoms with van der Waals surface area (Å²) < 4.78 is 5.51. The lowest BCUT2D eigenvalue weighted by Gasteiger charge is -2.16. The van der Waals surface area contributed by atoms with Gasteiger partial charge in [-0.25, -0.2) is 4.79 Å². The number of nitrogens with zero attached hydrogens (tertiary/aromatic N) is 1. The molecule has 2 aliphatic carbocycles. The number of amides is 1. The first-order valence-electron chi connectivity index (χ1n) is 10.4. The molecule has 2 aromatic rings. The van der Waals surface area contributed by atoms with Crippen molar-refractivity contribution in [2.45, 2.75) is 70.4 Å². The van der Waals surface area contributed by atoms with Gasteiger partial charge in [0, 0.05) is 42.2 Å². The number of rotatable bonds is 5. The van der Waals surface area contributed by atoms with Gasteiger partial charge in [-0.3, -0.25) is 9.89 Å². The van der Waals surface area contributed by atoms with Crippen LogP contribution in [0.25, 0.3) is 0 Å². The highest BCUT2D eigenvalue weighted by Crippen LogP contribution is 2.36. The average molecular weight is 396 g/mol. The zero-order valence-electron chi connectivity index (χ0n) is 17.0. The molecule has 1 amide bonds. The second kappa shape index (κ2) is 8.27. The second-order valence-electron chi connectivity index (χ2n) is 8.37. The summed E-state index contributed by atoms with van der Waals surface area (Å²) in [6.45, 7) is 3.83. The van der Waals surface area contributed by atoms with E-state index < -0.39 is 0 Å². The summed E-state index contributed by atoms with van der Waals surface area (Å²) in [7, 11) is 0. The maximum atomic E-state index is 11.8. The predicted molar refractivity (Wildman–Crippen MR) is 110 cm³/mol. The van der Waals surface area contributed by atoms with Gasteiger partial charge in [0.15, 0.2) is 5.82 Å². The third-order valence-corrected chi connectivity index (χ3v) is 5.64. The standard InChI is InChI=1S/C22H28N4O3/c1-13(2)23-22(28)29-19-8-5-15(11-19)20-12-21(26-25-20)24-17-6-3-14-4-7-18(27)10-16(14)9-17/h3,6,9,12-13,15,19H,4-5,7-8,10-11H2,1-2H3,(H,23,28)(H2,24,25,26)/t15-,19+/m0/s1. The number of carbonyl (C=O) groups is 2. The second-order valence-corrected chi connectivity index (χ2v) is 8.37. The zero-order chi connectivity index (χ0) is 20.4. The van der Waals surface area contributed by atoms with Gasteiger partial charge < -0.3 is 15.4 Å². The molecule has 1 heterocycles. The zero-order valence-corrected chi connectivity index (χ0v) is 17.0. The Kier molecular flexibility index (Phi) is 5.56. The Labute approximate surface area is 170 Å². The topological polar surface area (TPSA) is 96.1 Å². The first-order chi connectivity index (χ1) is 14.0. The van der Waals surface area contributed by atoms with Gasteiger partial charge in [-0.15, -0.1) is 0 Å². The number of ether oxygens (including phenoxy) is 1. The summed E-state index contributed by atoms with van der Waals surface area (Å²) in [4.78, 5) is 23.5. The van der Waals surface area contributed by atoms with Crippen LogP contribution in [0.15, 0.2) is 24.3 Å². The number of hydrogen-bond donors (Lipinski definition) is 3. The quantitative estimate of drug-likeness (QED) is 0.710. The molecule has 1 aromatic heterocycles. The van der Waals surface area contributed by atoms with E-state index in [1.165, 1.54) is 5.56 Å². The van der Waals surface area contributed by atoms with E-state index in [2.05, 4.69) is 26.9 Å². The Hall–Kier alpha value is -2.83. The Morgan fingerprint density at radius 3 is 2.90 bits per heavy atom. The smallest absolute Gasteiger partial charge is 0.407 e. The SMILES string of the molecule is CC(C)NC(=O)O[C@@H]1CC[C@H](c2cc(Nc3ccc4c(c3)CC(=O)CC4)n[nH]2)C1. The van der Waals surface area contributed by atoms with Crippen molar-refractivity contribution >= 4 is 23.4 Å². The van der Waals surface area contributed by atoms with Gasteiger partial charge in [-0.1, -0.05) is 6.07 Å². The number of carbonyl (C=O) groups excluding carboxylic acids is 2. The number of aromatic amines is 1. The number of nitrogens with one attached hydrogen (secondary N) is 3. The summed E-state index contributed by atoms with van der Waals surface area (Å²) >= 11 is 0. The number of anilines is 2. The number of aryl methyl sites for hydroxylation is 1. The van der Waals surface area contributed by atoms with Crippen LogP contribution in [0.2, 0.25) is 0 Å². The molecule has 7 heteroatoms. The molecule has 3 N–H and O–H groups in total. The number of benzene rings is 1. The lowest BCUT2D eigenvalue weighted by atomic mass is 9.90. The molecule has 1 aromatic carbocycles. The van der Waals surface area contributed by atoms with Crippen LogP contribution >= 0.6 is 0 Å². The average Bonchev–Trinajstić information content (AvgIpc) is 3.30. The summed E-state index contributed by atoms with van der Waals surface area (Å²) in [5.41, 5.74) is 4.36. The number of ketones is 1. The van der Waals surface area contributed by atoms with E-state index in [0.29, 0.717) is 24.5 Å². The number of fused-ring (bicyclic) bond motifs is 1. The first kappa shape index (κ1) is 19.5. The largest absolute Gasteiger partial charge is 0.446 e. The van der Waals surface area contributed by atoms with E-state index in [9.17, 15) is 9.59 Å². The molecule has 0 radical (unpaired) electrons. The van der Waals surface area contributed by atoms with Gasteiger partial charge in [-0.05, 0) is 62.8 Å². The highest BCUT2D eigenvalue weighted by atomic mass is 16.6. The number of alkyl carbamates (subject to hydrolysis) is 1. The molecule has 154 valence electrons. The van der Waals surface area contributed by atoms with Gasteiger partial charge in [0.1, 0.15) is 11.9 Å². The fourth-order valence-electron chi connectivity index (χ4n) is 4.20. The van der Waals surface area contributed by atoms with Crippen LogP contribution in [0.1, 0.15) is 62.3 Å². The minimum Gasteiger partial charge on any atom is -0.446 e. The fourth-order valence-corrected chi connectivity index (χ4v) is 4.20. The molecule has 1 saturated carbocycles. The molecule has 0 spiro atoms. The third kappa shape index (κ3) is 4.78. The Morgan fingerprint density at radius 2 is 2.07 bits per heavy atom. The van der Waals surface area contributed by atoms with Crippen LogP contribution in [-0.2, 0) is 22.4 Å². The minimum absolute atomic E-state index is 0.0587. The van der Waals surface area contributed by atoms with Crippen molar-refractivity contribution in [3.8, 4) is 0 Å². The molecule has 0 aliphatic heterocycles. The first-order valence-corrected chi connectivity index (χ1v) is 10.4. The Bertz CT molecular complexity index is 905. The van der Waals surface area contributed by atoms with Crippen LogP contribution < -0.4 is 10.6 Å². The third-order valence-electron chi connectivity index (χ3n) is 5.64. The molecule has 0 saturated heterocycles. The predicted octanol–water partition coefficient (Wildman–Crippen LogP) is 3.98. The van der Waals surface area contributed by atoms with Crippen molar-refractivity contribution in [2.75, 3.05) is 5.32 Å². The fraction of sp³-hybridized carbons (Fsp3) is 0.500. The molecule has 29 heavy (non-hydrogen) atoms. The number of Topliss-reactive ketones (excluding diaryl/α,β-unsaturated/α-hetero) is 1. The lowest BCUT2D eigenvalue weighted by molar-refractivity contribution is -0.118. The maximum Gasteiger partial charge on any atom is 0.407 e. The Morgan fingerprint density at radius 1 is 1.21 bits per heavy atom. The molecule has 7 nitrogen and oxygen atoms in total. The van der Waals surface area contributed by atoms with Crippen molar-refractivity contribution in [3.05, 3.63) is 41.1 Å². The highest BCUT2D eigenvalue weighted by molar-refractivity contribution is 5.83. The van der Waals surface area contributed by atoms with Gasteiger partial charge >= 0.3 is 6.09 Å². The number of H-pyrrole nitrogens is 1. The van der Waals surface area contributed by atoms with E-state index in [0.717, 1.165) is 48.4 Å². The van der Waals surface area contributed by atoms with Gasteiger partial charge in [0.05, 0.1) is 0 Å². The number of aromatic nitrogens is 2. The van der Waals surface area contributed by atoms with Crippen molar-refractivity contribution < 1.29 is 14.3 Å². The molecule has 2 atom stereocenters. The summed E-state index contributed by atoms with van der Waals surface area (Å²) in [5, 5.41) is 13.6. The summed E-state index contributed by atoms with van der Waals surface area (Å²) in [6, 6.07) is 8.27. The lowest BCUT2D eigenvalue weighted by Crippen LogP contribution is -2.33. The molecular weight excluding hydrogens is 368 g/mol. The van der Waals surface area contributed by atoms with Crippen LogP contribution in [0.5, 0.6) is 0 Å². The van der Waals surface area contributed by atoms with Gasteiger partial charge in [-0.2, -0.15) is 5.10 Å². The van der Waals surface area contributed by atoms with Crippen LogP contribution in [-0.4, -0.2) is 34.2 Å². The molecular formula is C22H28N4O3. The van der Waals surface area contributed by atoms with E-state index in [-0.39, 0.29) is 18.2 Å². The normalized spacial score (nSPS) is 21.1. The van der Waals surface area contributed by atoms with E-state index in [4.69, 9.17) is 4.74 Å². The van der Waals surface area contributed by atoms with Crippen molar-refractivity contribution in [1.82, 2.24) is 15.5 Å². The summed E-state index contributed by atoms with van der Waals surface area (Å²) in [6.07, 6.45) is 4.21. The van der Waals surface area contributed by atoms with Crippen molar-refractivity contribution in [1.29, 1.82) is 0 Å². The summed E-state index contributed by atoms with van der Waals surface area (Å²) in [5.74, 6) is 1.36. The maximum absolute atomic E-state index is 11.8. The molecule has 0 bridgehead atoms. The van der Waals surface area contributed by atoms with Crippen LogP contribution in [0.4, 0.5) is 16.3 Å². The highest BCUT2D eigenvalue weighted by Gasteiger charge is 2.30. The molecule has 4 rings (SSSR count). The molecule has 2 aliphatic rings. The molecule has 1 fully saturated rings. The van der Waals surface area contributed by atoms with Crippen LogP contribution in [0, 0.1) is 0 Å². The van der Waals surface area contributed by atoms with Crippen molar-refractivity contribution in [3.63, 3.8) is 0 Å².